The lowest BCUT2D eigenvalue weighted by Gasteiger charge is -2.43. The summed E-state index contributed by atoms with van der Waals surface area (Å²) in [4.78, 5) is 45.1. The molecule has 6 nitrogen and oxygen atoms in total. The molecule has 3 aromatic carbocycles. The van der Waals surface area contributed by atoms with Crippen molar-refractivity contribution in [1.29, 1.82) is 0 Å². The number of ketones is 2. The SMILES string of the molecule is O=C(c1ccccc1)[C@H]1CN(CC(=O)N2CCNCC2)C[C@H](C(=O)c2ccccc2)C1c1ccccc1. The lowest BCUT2D eigenvalue weighted by Crippen LogP contribution is -2.54. The van der Waals surface area contributed by atoms with E-state index in [1.54, 1.807) is 0 Å². The van der Waals surface area contributed by atoms with Crippen molar-refractivity contribution in [2.24, 2.45) is 11.8 Å². The molecule has 0 bridgehead atoms. The Kier molecular flexibility index (Phi) is 7.87. The molecule has 3 aromatic rings. The quantitative estimate of drug-likeness (QED) is 0.508. The van der Waals surface area contributed by atoms with Crippen LogP contribution in [0.5, 0.6) is 0 Å². The number of nitrogens with one attached hydrogen (secondary N) is 1. The molecule has 2 heterocycles. The van der Waals surface area contributed by atoms with Crippen molar-refractivity contribution in [2.75, 3.05) is 45.8 Å². The van der Waals surface area contributed by atoms with Crippen LogP contribution < -0.4 is 5.32 Å². The maximum atomic E-state index is 14.0. The smallest absolute Gasteiger partial charge is 0.236 e. The molecule has 0 saturated carbocycles. The molecule has 2 aliphatic heterocycles. The minimum absolute atomic E-state index is 0.0136. The van der Waals surface area contributed by atoms with Crippen molar-refractivity contribution in [1.82, 2.24) is 15.1 Å². The van der Waals surface area contributed by atoms with E-state index in [-0.39, 0.29) is 29.9 Å². The van der Waals surface area contributed by atoms with E-state index in [0.717, 1.165) is 18.7 Å². The third kappa shape index (κ3) is 5.71. The number of Topliss-reactive ketones (excluding diaryl/α,β-unsaturated/α-hetero) is 2. The molecule has 6 heteroatoms. The Balaban J connectivity index is 1.52. The minimum atomic E-state index is -0.452. The number of hydrogen-bond donors (Lipinski definition) is 1. The molecule has 2 fully saturated rings. The van der Waals surface area contributed by atoms with Crippen LogP contribution in [0.2, 0.25) is 0 Å². The van der Waals surface area contributed by atoms with Crippen molar-refractivity contribution >= 4 is 17.5 Å². The highest BCUT2D eigenvalue weighted by atomic mass is 16.2. The van der Waals surface area contributed by atoms with Crippen LogP contribution >= 0.6 is 0 Å². The molecule has 0 aromatic heterocycles. The van der Waals surface area contributed by atoms with Gasteiger partial charge in [-0.25, -0.2) is 0 Å². The van der Waals surface area contributed by atoms with Gasteiger partial charge in [-0.15, -0.1) is 0 Å². The molecule has 2 saturated heterocycles. The Morgan fingerprint density at radius 1 is 0.676 bits per heavy atom. The summed E-state index contributed by atoms with van der Waals surface area (Å²) in [7, 11) is 0. The first-order valence-corrected chi connectivity index (χ1v) is 13.1. The fourth-order valence-electron chi connectivity index (χ4n) is 5.74. The van der Waals surface area contributed by atoms with Gasteiger partial charge in [-0.1, -0.05) is 91.0 Å². The zero-order valence-corrected chi connectivity index (χ0v) is 21.0. The van der Waals surface area contributed by atoms with Gasteiger partial charge in [-0.05, 0) is 5.56 Å². The van der Waals surface area contributed by atoms with Crippen LogP contribution in [-0.4, -0.2) is 73.1 Å². The lowest BCUT2D eigenvalue weighted by molar-refractivity contribution is -0.133. The van der Waals surface area contributed by atoms with Crippen LogP contribution in [-0.2, 0) is 4.79 Å². The Hall–Kier alpha value is -3.61. The number of rotatable bonds is 7. The van der Waals surface area contributed by atoms with Crippen LogP contribution in [0.3, 0.4) is 0 Å². The number of carbonyl (C=O) groups excluding carboxylic acids is 3. The maximum Gasteiger partial charge on any atom is 0.236 e. The Morgan fingerprint density at radius 2 is 1.14 bits per heavy atom. The summed E-state index contributed by atoms with van der Waals surface area (Å²) in [6.07, 6.45) is 0. The summed E-state index contributed by atoms with van der Waals surface area (Å²) in [5.74, 6) is -1.11. The molecule has 0 unspecified atom stereocenters. The Bertz CT molecular complexity index is 1150. The molecule has 1 amide bonds. The summed E-state index contributed by atoms with van der Waals surface area (Å²) in [5.41, 5.74) is 2.25. The lowest BCUT2D eigenvalue weighted by atomic mass is 9.68. The molecule has 0 spiro atoms. The Morgan fingerprint density at radius 3 is 1.62 bits per heavy atom. The number of benzene rings is 3. The second kappa shape index (κ2) is 11.6. The fraction of sp³-hybridized carbons (Fsp3) is 0.323. The highest BCUT2D eigenvalue weighted by molar-refractivity contribution is 6.02. The number of piperazine rings is 1. The highest BCUT2D eigenvalue weighted by Gasteiger charge is 2.45. The second-order valence-electron chi connectivity index (χ2n) is 9.93. The van der Waals surface area contributed by atoms with E-state index >= 15 is 0 Å². The van der Waals surface area contributed by atoms with Gasteiger partial charge < -0.3 is 10.2 Å². The van der Waals surface area contributed by atoms with Gasteiger partial charge in [0.05, 0.1) is 6.54 Å². The molecule has 0 radical (unpaired) electrons. The van der Waals surface area contributed by atoms with E-state index < -0.39 is 11.8 Å². The Labute approximate surface area is 218 Å². The summed E-state index contributed by atoms with van der Waals surface area (Å²) in [5, 5.41) is 3.28. The zero-order chi connectivity index (χ0) is 25.6. The van der Waals surface area contributed by atoms with Crippen LogP contribution in [0.4, 0.5) is 0 Å². The minimum Gasteiger partial charge on any atom is -0.339 e. The highest BCUT2D eigenvalue weighted by Crippen LogP contribution is 2.40. The third-order valence-electron chi connectivity index (χ3n) is 7.58. The predicted molar refractivity (Wildman–Crippen MR) is 144 cm³/mol. The van der Waals surface area contributed by atoms with Crippen LogP contribution in [0.1, 0.15) is 32.2 Å². The van der Waals surface area contributed by atoms with Gasteiger partial charge in [0.1, 0.15) is 0 Å². The number of hydrogen-bond acceptors (Lipinski definition) is 5. The summed E-state index contributed by atoms with van der Waals surface area (Å²) in [6, 6.07) is 28.5. The third-order valence-corrected chi connectivity index (χ3v) is 7.58. The van der Waals surface area contributed by atoms with Crippen molar-refractivity contribution in [2.45, 2.75) is 5.92 Å². The van der Waals surface area contributed by atoms with E-state index in [9.17, 15) is 14.4 Å². The molecular formula is C31H33N3O3. The zero-order valence-electron chi connectivity index (χ0n) is 21.0. The summed E-state index contributed by atoms with van der Waals surface area (Å²) in [6.45, 7) is 4.00. The van der Waals surface area contributed by atoms with Crippen molar-refractivity contribution < 1.29 is 14.4 Å². The first-order chi connectivity index (χ1) is 18.1. The van der Waals surface area contributed by atoms with Crippen LogP contribution in [0.15, 0.2) is 91.0 Å². The van der Waals surface area contributed by atoms with E-state index in [1.165, 1.54) is 0 Å². The largest absolute Gasteiger partial charge is 0.339 e. The number of amides is 1. The van der Waals surface area contributed by atoms with Gasteiger partial charge in [0.2, 0.25) is 5.91 Å². The van der Waals surface area contributed by atoms with E-state index in [2.05, 4.69) is 5.32 Å². The van der Waals surface area contributed by atoms with Gasteiger partial charge in [-0.3, -0.25) is 19.3 Å². The van der Waals surface area contributed by atoms with Gasteiger partial charge in [-0.2, -0.15) is 0 Å². The van der Waals surface area contributed by atoms with Crippen LogP contribution in [0, 0.1) is 11.8 Å². The fourth-order valence-corrected chi connectivity index (χ4v) is 5.74. The molecule has 190 valence electrons. The normalized spacial score (nSPS) is 20.9. The number of nitrogens with zero attached hydrogens (tertiary/aromatic N) is 2. The average Bonchev–Trinajstić information content (AvgIpc) is 2.97. The predicted octanol–water partition coefficient (Wildman–Crippen LogP) is 3.52. The van der Waals surface area contributed by atoms with E-state index in [1.807, 2.05) is 101 Å². The van der Waals surface area contributed by atoms with Gasteiger partial charge in [0.15, 0.2) is 11.6 Å². The molecule has 5 rings (SSSR count). The monoisotopic (exact) mass is 495 g/mol. The number of likely N-dealkylation sites (tertiary alicyclic amines) is 1. The van der Waals surface area contributed by atoms with Crippen LogP contribution in [0.25, 0.3) is 0 Å². The van der Waals surface area contributed by atoms with Crippen molar-refractivity contribution in [3.05, 3.63) is 108 Å². The second-order valence-corrected chi connectivity index (χ2v) is 9.93. The molecule has 37 heavy (non-hydrogen) atoms. The van der Waals surface area contributed by atoms with E-state index in [4.69, 9.17) is 0 Å². The molecule has 0 aliphatic carbocycles. The van der Waals surface area contributed by atoms with Gasteiger partial charge >= 0.3 is 0 Å². The van der Waals surface area contributed by atoms with Crippen molar-refractivity contribution in [3.8, 4) is 0 Å². The molecule has 1 N–H and O–H groups in total. The van der Waals surface area contributed by atoms with E-state index in [0.29, 0.717) is 37.3 Å². The standard InChI is InChI=1S/C31H33N3O3/c35-28(34-18-16-32-17-19-34)22-33-20-26(30(36)24-12-6-2-7-13-24)29(23-10-4-1-5-11-23)27(21-33)31(37)25-14-8-3-9-15-25/h1-15,26-27,29,32H,16-22H2/t26-,27-/m0/s1. The number of piperidine rings is 1. The number of carbonyl (C=O) groups is 3. The first-order valence-electron chi connectivity index (χ1n) is 13.1. The summed E-state index contributed by atoms with van der Waals surface area (Å²) < 4.78 is 0. The topological polar surface area (TPSA) is 69.7 Å². The first kappa shape index (κ1) is 25.1. The summed E-state index contributed by atoms with van der Waals surface area (Å²) >= 11 is 0. The molecule has 2 aliphatic rings. The van der Waals surface area contributed by atoms with Crippen molar-refractivity contribution in [3.63, 3.8) is 0 Å². The van der Waals surface area contributed by atoms with Gasteiger partial charge in [0, 0.05) is 68.1 Å². The molecular weight excluding hydrogens is 462 g/mol. The maximum absolute atomic E-state index is 14.0. The molecule has 2 atom stereocenters. The average molecular weight is 496 g/mol. The van der Waals surface area contributed by atoms with Gasteiger partial charge in [0.25, 0.3) is 0 Å².